The number of guanidine groups is 1. The van der Waals surface area contributed by atoms with Crippen molar-refractivity contribution in [3.63, 3.8) is 0 Å². The summed E-state index contributed by atoms with van der Waals surface area (Å²) in [6.45, 7) is 5.95. The predicted octanol–water partition coefficient (Wildman–Crippen LogP) is 2.64. The van der Waals surface area contributed by atoms with E-state index in [9.17, 15) is 0 Å². The topological polar surface area (TPSA) is 48.9 Å². The van der Waals surface area contributed by atoms with Gasteiger partial charge in [-0.2, -0.15) is 0 Å². The van der Waals surface area contributed by atoms with Crippen LogP contribution in [-0.4, -0.2) is 57.3 Å². The molecule has 136 valence electrons. The molecular formula is C18H31IN4O. The largest absolute Gasteiger partial charge is 0.383 e. The maximum Gasteiger partial charge on any atom is 0.191 e. The number of likely N-dealkylation sites (tertiary alicyclic amines) is 1. The van der Waals surface area contributed by atoms with E-state index in [1.54, 1.807) is 7.11 Å². The molecule has 1 aromatic carbocycles. The lowest BCUT2D eigenvalue weighted by Gasteiger charge is -2.29. The monoisotopic (exact) mass is 446 g/mol. The second kappa shape index (κ2) is 11.7. The lowest BCUT2D eigenvalue weighted by molar-refractivity contribution is 0.178. The summed E-state index contributed by atoms with van der Waals surface area (Å²) in [4.78, 5) is 6.89. The summed E-state index contributed by atoms with van der Waals surface area (Å²) in [6, 6.07) is 11.4. The summed E-state index contributed by atoms with van der Waals surface area (Å²) in [5, 5.41) is 6.84. The van der Waals surface area contributed by atoms with Crippen LogP contribution in [0.15, 0.2) is 35.3 Å². The minimum absolute atomic E-state index is 0. The molecule has 1 heterocycles. The van der Waals surface area contributed by atoms with Gasteiger partial charge >= 0.3 is 0 Å². The third-order valence-electron chi connectivity index (χ3n) is 4.25. The Morgan fingerprint density at radius 2 is 1.92 bits per heavy atom. The fourth-order valence-electron chi connectivity index (χ4n) is 3.10. The first-order valence-corrected chi connectivity index (χ1v) is 8.49. The molecule has 24 heavy (non-hydrogen) atoms. The van der Waals surface area contributed by atoms with Gasteiger partial charge in [0.1, 0.15) is 0 Å². The highest BCUT2D eigenvalue weighted by Gasteiger charge is 2.23. The molecule has 2 N–H and O–H groups in total. The van der Waals surface area contributed by atoms with Crippen molar-refractivity contribution >= 4 is 29.9 Å². The molecule has 2 rings (SSSR count). The molecule has 0 radical (unpaired) electrons. The molecule has 6 heteroatoms. The van der Waals surface area contributed by atoms with E-state index in [4.69, 9.17) is 4.74 Å². The Morgan fingerprint density at radius 3 is 2.50 bits per heavy atom. The molecule has 0 bridgehead atoms. The minimum atomic E-state index is 0. The second-order valence-electron chi connectivity index (χ2n) is 6.12. The van der Waals surface area contributed by atoms with Crippen molar-refractivity contribution in [1.29, 1.82) is 0 Å². The number of hydrogen-bond acceptors (Lipinski definition) is 3. The SMILES string of the molecule is CN=C(NCC(c1ccccc1)N1CCCC1)NC(C)COC.I. The minimum Gasteiger partial charge on any atom is -0.383 e. The highest BCUT2D eigenvalue weighted by molar-refractivity contribution is 14.0. The van der Waals surface area contributed by atoms with E-state index >= 15 is 0 Å². The van der Waals surface area contributed by atoms with Crippen molar-refractivity contribution < 1.29 is 4.74 Å². The van der Waals surface area contributed by atoms with Crippen LogP contribution >= 0.6 is 24.0 Å². The molecule has 1 aromatic rings. The highest BCUT2D eigenvalue weighted by Crippen LogP contribution is 2.24. The summed E-state index contributed by atoms with van der Waals surface area (Å²) in [7, 11) is 3.52. The van der Waals surface area contributed by atoms with E-state index in [1.807, 2.05) is 7.05 Å². The zero-order chi connectivity index (χ0) is 16.5. The average Bonchev–Trinajstić information content (AvgIpc) is 3.09. The highest BCUT2D eigenvalue weighted by atomic mass is 127. The van der Waals surface area contributed by atoms with Crippen molar-refractivity contribution in [3.05, 3.63) is 35.9 Å². The number of halogens is 1. The van der Waals surface area contributed by atoms with Crippen molar-refractivity contribution in [3.8, 4) is 0 Å². The Kier molecular flexibility index (Phi) is 10.3. The lowest BCUT2D eigenvalue weighted by atomic mass is 10.1. The average molecular weight is 446 g/mol. The lowest BCUT2D eigenvalue weighted by Crippen LogP contribution is -2.46. The Labute approximate surface area is 163 Å². The van der Waals surface area contributed by atoms with Crippen LogP contribution in [0.1, 0.15) is 31.4 Å². The van der Waals surface area contributed by atoms with Crippen LogP contribution in [0.3, 0.4) is 0 Å². The van der Waals surface area contributed by atoms with E-state index in [1.165, 1.54) is 31.5 Å². The van der Waals surface area contributed by atoms with Crippen LogP contribution in [0.5, 0.6) is 0 Å². The quantitative estimate of drug-likeness (QED) is 0.384. The van der Waals surface area contributed by atoms with Crippen molar-refractivity contribution in [2.24, 2.45) is 4.99 Å². The smallest absolute Gasteiger partial charge is 0.191 e. The maximum absolute atomic E-state index is 5.17. The van der Waals surface area contributed by atoms with Crippen LogP contribution in [-0.2, 0) is 4.74 Å². The third kappa shape index (κ3) is 6.57. The molecule has 1 fully saturated rings. The van der Waals surface area contributed by atoms with Crippen molar-refractivity contribution in [1.82, 2.24) is 15.5 Å². The third-order valence-corrected chi connectivity index (χ3v) is 4.25. The zero-order valence-corrected chi connectivity index (χ0v) is 17.3. The second-order valence-corrected chi connectivity index (χ2v) is 6.12. The number of rotatable bonds is 7. The van der Waals surface area contributed by atoms with Gasteiger partial charge in [-0.25, -0.2) is 0 Å². The first kappa shape index (κ1) is 21.2. The number of nitrogens with one attached hydrogen (secondary N) is 2. The maximum atomic E-state index is 5.17. The molecule has 0 saturated carbocycles. The summed E-state index contributed by atoms with van der Waals surface area (Å²) < 4.78 is 5.17. The first-order valence-electron chi connectivity index (χ1n) is 8.49. The summed E-state index contributed by atoms with van der Waals surface area (Å²) in [5.74, 6) is 0.828. The molecule has 2 unspecified atom stereocenters. The standard InChI is InChI=1S/C18H30N4O.HI/c1-15(14-23-3)21-18(19-2)20-13-17(22-11-7-8-12-22)16-9-5-4-6-10-16;/h4-6,9-10,15,17H,7-8,11-14H2,1-3H3,(H2,19,20,21);1H. The summed E-state index contributed by atoms with van der Waals surface area (Å²) >= 11 is 0. The first-order chi connectivity index (χ1) is 11.2. The Balaban J connectivity index is 0.00000288. The van der Waals surface area contributed by atoms with Crippen LogP contribution in [0, 0.1) is 0 Å². The Bertz CT molecular complexity index is 477. The van der Waals surface area contributed by atoms with E-state index in [2.05, 4.69) is 57.8 Å². The molecule has 1 aliphatic heterocycles. The van der Waals surface area contributed by atoms with Gasteiger partial charge in [0.15, 0.2) is 5.96 Å². The molecule has 2 atom stereocenters. The van der Waals surface area contributed by atoms with Crippen molar-refractivity contribution in [2.45, 2.75) is 31.8 Å². The molecule has 0 aliphatic carbocycles. The molecule has 0 aromatic heterocycles. The van der Waals surface area contributed by atoms with E-state index in [-0.39, 0.29) is 30.0 Å². The zero-order valence-electron chi connectivity index (χ0n) is 15.0. The van der Waals surface area contributed by atoms with Gasteiger partial charge in [-0.15, -0.1) is 24.0 Å². The number of nitrogens with zero attached hydrogens (tertiary/aromatic N) is 2. The number of hydrogen-bond donors (Lipinski definition) is 2. The Hall–Kier alpha value is -0.860. The van der Waals surface area contributed by atoms with Gasteiger partial charge in [-0.05, 0) is 38.4 Å². The van der Waals surface area contributed by atoms with Gasteiger partial charge in [-0.3, -0.25) is 9.89 Å². The van der Waals surface area contributed by atoms with Crippen LogP contribution in [0.4, 0.5) is 0 Å². The number of benzene rings is 1. The van der Waals surface area contributed by atoms with Crippen LogP contribution in [0.2, 0.25) is 0 Å². The fraction of sp³-hybridized carbons (Fsp3) is 0.611. The molecular weight excluding hydrogens is 415 g/mol. The number of methoxy groups -OCH3 is 1. The molecule has 0 amide bonds. The van der Waals surface area contributed by atoms with Crippen LogP contribution in [0.25, 0.3) is 0 Å². The van der Waals surface area contributed by atoms with Crippen molar-refractivity contribution in [2.75, 3.05) is 40.4 Å². The van der Waals surface area contributed by atoms with Gasteiger partial charge in [0.05, 0.1) is 12.6 Å². The number of aliphatic imine (C=N–C) groups is 1. The van der Waals surface area contributed by atoms with Gasteiger partial charge in [0, 0.05) is 26.7 Å². The Morgan fingerprint density at radius 1 is 1.25 bits per heavy atom. The van der Waals surface area contributed by atoms with Gasteiger partial charge in [0.2, 0.25) is 0 Å². The normalized spacial score (nSPS) is 17.9. The predicted molar refractivity (Wildman–Crippen MR) is 111 cm³/mol. The molecule has 1 aliphatic rings. The number of ether oxygens (including phenoxy) is 1. The van der Waals surface area contributed by atoms with Gasteiger partial charge in [0.25, 0.3) is 0 Å². The summed E-state index contributed by atoms with van der Waals surface area (Å²) in [5.41, 5.74) is 1.36. The van der Waals surface area contributed by atoms with Crippen LogP contribution < -0.4 is 10.6 Å². The summed E-state index contributed by atoms with van der Waals surface area (Å²) in [6.07, 6.45) is 2.59. The fourth-order valence-corrected chi connectivity index (χ4v) is 3.10. The van der Waals surface area contributed by atoms with Gasteiger partial charge < -0.3 is 15.4 Å². The van der Waals surface area contributed by atoms with E-state index < -0.39 is 0 Å². The molecule has 0 spiro atoms. The van der Waals surface area contributed by atoms with E-state index in [0.29, 0.717) is 12.6 Å². The van der Waals surface area contributed by atoms with Gasteiger partial charge in [-0.1, -0.05) is 30.3 Å². The molecule has 1 saturated heterocycles. The molecule has 5 nitrogen and oxygen atoms in total. The van der Waals surface area contributed by atoms with E-state index in [0.717, 1.165) is 12.5 Å².